The van der Waals surface area contributed by atoms with Crippen molar-refractivity contribution < 1.29 is 4.92 Å². The Morgan fingerprint density at radius 1 is 1.22 bits per heavy atom. The van der Waals surface area contributed by atoms with Crippen LogP contribution in [0.3, 0.4) is 0 Å². The molecule has 2 aromatic carbocycles. The second-order valence-electron chi connectivity index (χ2n) is 6.16. The van der Waals surface area contributed by atoms with Gasteiger partial charge in [0.2, 0.25) is 6.04 Å². The Morgan fingerprint density at radius 3 is 2.61 bits per heavy atom. The van der Waals surface area contributed by atoms with Gasteiger partial charge in [-0.25, -0.2) is 0 Å². The van der Waals surface area contributed by atoms with Crippen molar-refractivity contribution in [3.63, 3.8) is 0 Å². The smallest absolute Gasteiger partial charge is 0.233 e. The summed E-state index contributed by atoms with van der Waals surface area (Å²) in [6, 6.07) is 15.2. The first-order valence-corrected chi connectivity index (χ1v) is 8.08. The van der Waals surface area contributed by atoms with E-state index in [1.54, 1.807) is 0 Å². The Labute approximate surface area is 140 Å². The normalized spacial score (nSPS) is 21.5. The van der Waals surface area contributed by atoms with Crippen LogP contribution in [0, 0.1) is 17.0 Å². The molecule has 2 unspecified atom stereocenters. The molecule has 0 aromatic heterocycles. The maximum absolute atomic E-state index is 11.5. The summed E-state index contributed by atoms with van der Waals surface area (Å²) in [5, 5.41) is 12.1. The number of rotatable bonds is 4. The maximum Gasteiger partial charge on any atom is 0.233 e. The number of hydrogen-bond donors (Lipinski definition) is 0. The largest absolute Gasteiger partial charge is 0.292 e. The van der Waals surface area contributed by atoms with Crippen LogP contribution in [0.2, 0.25) is 5.02 Å². The van der Waals surface area contributed by atoms with Crippen LogP contribution in [-0.2, 0) is 6.54 Å². The number of likely N-dealkylation sites (tertiary alicyclic amines) is 1. The summed E-state index contributed by atoms with van der Waals surface area (Å²) in [4.78, 5) is 13.5. The molecular weight excluding hydrogens is 312 g/mol. The third-order valence-corrected chi connectivity index (χ3v) is 4.77. The number of aryl methyl sites for hydroxylation is 1. The Bertz CT molecular complexity index is 705. The molecule has 23 heavy (non-hydrogen) atoms. The highest BCUT2D eigenvalue weighted by Gasteiger charge is 2.42. The highest BCUT2D eigenvalue weighted by Crippen LogP contribution is 2.34. The fraction of sp³-hybridized carbons (Fsp3) is 0.333. The van der Waals surface area contributed by atoms with E-state index in [1.165, 1.54) is 5.56 Å². The average Bonchev–Trinajstić information content (AvgIpc) is 2.92. The quantitative estimate of drug-likeness (QED) is 0.631. The van der Waals surface area contributed by atoms with E-state index < -0.39 is 6.04 Å². The van der Waals surface area contributed by atoms with Gasteiger partial charge in [0, 0.05) is 23.0 Å². The molecule has 0 N–H and O–H groups in total. The second kappa shape index (κ2) is 6.69. The van der Waals surface area contributed by atoms with Crippen LogP contribution in [0.15, 0.2) is 48.5 Å². The lowest BCUT2D eigenvalue weighted by Gasteiger charge is -2.16. The van der Waals surface area contributed by atoms with E-state index in [-0.39, 0.29) is 10.8 Å². The zero-order chi connectivity index (χ0) is 16.4. The second-order valence-corrected chi connectivity index (χ2v) is 6.57. The molecule has 0 bridgehead atoms. The summed E-state index contributed by atoms with van der Waals surface area (Å²) in [6.45, 7) is 3.81. The van der Waals surface area contributed by atoms with Gasteiger partial charge < -0.3 is 0 Å². The zero-order valence-corrected chi connectivity index (χ0v) is 13.7. The van der Waals surface area contributed by atoms with Crippen molar-refractivity contribution >= 4 is 11.6 Å². The summed E-state index contributed by atoms with van der Waals surface area (Å²) in [5.74, 6) is -0.165. The lowest BCUT2D eigenvalue weighted by Crippen LogP contribution is -2.28. The molecule has 4 nitrogen and oxygen atoms in total. The van der Waals surface area contributed by atoms with Crippen molar-refractivity contribution in [3.8, 4) is 0 Å². The Hall–Kier alpha value is -1.91. The monoisotopic (exact) mass is 330 g/mol. The standard InChI is InChI=1S/C18H19ClN2O2/c1-13-7-8-15(17(19)9-13)16-11-20(12-18(16)21(22)23)10-14-5-3-2-4-6-14/h2-9,16,18H,10-12H2,1H3. The van der Waals surface area contributed by atoms with Crippen LogP contribution in [0.5, 0.6) is 0 Å². The van der Waals surface area contributed by atoms with Crippen LogP contribution in [0.25, 0.3) is 0 Å². The van der Waals surface area contributed by atoms with Crippen LogP contribution in [0.1, 0.15) is 22.6 Å². The summed E-state index contributed by atoms with van der Waals surface area (Å²) >= 11 is 6.35. The fourth-order valence-corrected chi connectivity index (χ4v) is 3.66. The first-order valence-electron chi connectivity index (χ1n) is 7.70. The molecule has 5 heteroatoms. The van der Waals surface area contributed by atoms with E-state index in [1.807, 2.05) is 55.5 Å². The Kier molecular flexibility index (Phi) is 4.64. The number of nitro groups is 1. The average molecular weight is 331 g/mol. The molecule has 1 aliphatic rings. The minimum absolute atomic E-state index is 0.161. The van der Waals surface area contributed by atoms with Crippen LogP contribution in [0.4, 0.5) is 0 Å². The first kappa shape index (κ1) is 16.0. The van der Waals surface area contributed by atoms with Gasteiger partial charge in [0.1, 0.15) is 0 Å². The predicted octanol–water partition coefficient (Wildman–Crippen LogP) is 3.89. The molecule has 0 saturated carbocycles. The van der Waals surface area contributed by atoms with Gasteiger partial charge in [0.05, 0.1) is 12.5 Å². The molecular formula is C18H19ClN2O2. The topological polar surface area (TPSA) is 46.4 Å². The van der Waals surface area contributed by atoms with Crippen LogP contribution >= 0.6 is 11.6 Å². The van der Waals surface area contributed by atoms with Crippen molar-refractivity contribution in [2.45, 2.75) is 25.4 Å². The number of benzene rings is 2. The van der Waals surface area contributed by atoms with Crippen molar-refractivity contribution in [3.05, 3.63) is 80.4 Å². The molecule has 3 rings (SSSR count). The third kappa shape index (κ3) is 3.54. The van der Waals surface area contributed by atoms with Crippen molar-refractivity contribution in [1.29, 1.82) is 0 Å². The molecule has 0 radical (unpaired) electrons. The molecule has 1 aliphatic heterocycles. The van der Waals surface area contributed by atoms with E-state index in [2.05, 4.69) is 4.90 Å². The maximum atomic E-state index is 11.5. The summed E-state index contributed by atoms with van der Waals surface area (Å²) < 4.78 is 0. The zero-order valence-electron chi connectivity index (χ0n) is 13.0. The SMILES string of the molecule is Cc1ccc(C2CN(Cc3ccccc3)CC2[N+](=O)[O-])c(Cl)c1. The summed E-state index contributed by atoms with van der Waals surface area (Å²) in [7, 11) is 0. The first-order chi connectivity index (χ1) is 11.0. The van der Waals surface area contributed by atoms with Crippen molar-refractivity contribution in [2.75, 3.05) is 13.1 Å². The van der Waals surface area contributed by atoms with Gasteiger partial charge in [-0.2, -0.15) is 0 Å². The molecule has 120 valence electrons. The van der Waals surface area contributed by atoms with Gasteiger partial charge in [-0.1, -0.05) is 54.1 Å². The molecule has 2 aromatic rings. The molecule has 1 fully saturated rings. The van der Waals surface area contributed by atoms with Crippen molar-refractivity contribution in [1.82, 2.24) is 4.90 Å². The molecule has 1 heterocycles. The third-order valence-electron chi connectivity index (χ3n) is 4.44. The van der Waals surface area contributed by atoms with E-state index in [0.717, 1.165) is 17.7 Å². The van der Waals surface area contributed by atoms with Gasteiger partial charge in [-0.05, 0) is 29.7 Å². The van der Waals surface area contributed by atoms with Gasteiger partial charge in [0.15, 0.2) is 0 Å². The van der Waals surface area contributed by atoms with Crippen molar-refractivity contribution in [2.24, 2.45) is 0 Å². The predicted molar refractivity (Wildman–Crippen MR) is 91.4 cm³/mol. The highest BCUT2D eigenvalue weighted by molar-refractivity contribution is 6.31. The van der Waals surface area contributed by atoms with E-state index in [9.17, 15) is 10.1 Å². The van der Waals surface area contributed by atoms with Gasteiger partial charge in [-0.3, -0.25) is 15.0 Å². The lowest BCUT2D eigenvalue weighted by atomic mass is 9.94. The fourth-order valence-electron chi connectivity index (χ4n) is 3.29. The van der Waals surface area contributed by atoms with E-state index in [0.29, 0.717) is 18.1 Å². The van der Waals surface area contributed by atoms with Gasteiger partial charge >= 0.3 is 0 Å². The van der Waals surface area contributed by atoms with Crippen LogP contribution in [-0.4, -0.2) is 29.0 Å². The molecule has 0 amide bonds. The number of halogens is 1. The molecule has 0 aliphatic carbocycles. The number of nitrogens with zero attached hydrogens (tertiary/aromatic N) is 2. The molecule has 0 spiro atoms. The van der Waals surface area contributed by atoms with Crippen LogP contribution < -0.4 is 0 Å². The minimum Gasteiger partial charge on any atom is -0.292 e. The Balaban J connectivity index is 1.83. The highest BCUT2D eigenvalue weighted by atomic mass is 35.5. The van der Waals surface area contributed by atoms with E-state index in [4.69, 9.17) is 11.6 Å². The lowest BCUT2D eigenvalue weighted by molar-refractivity contribution is -0.521. The Morgan fingerprint density at radius 2 is 1.96 bits per heavy atom. The molecule has 2 atom stereocenters. The van der Waals surface area contributed by atoms with E-state index >= 15 is 0 Å². The minimum atomic E-state index is -0.612. The summed E-state index contributed by atoms with van der Waals surface area (Å²) in [6.07, 6.45) is 0. The molecule has 1 saturated heterocycles. The van der Waals surface area contributed by atoms with Gasteiger partial charge in [-0.15, -0.1) is 0 Å². The van der Waals surface area contributed by atoms with Gasteiger partial charge in [0.25, 0.3) is 0 Å². The summed E-state index contributed by atoms with van der Waals surface area (Å²) in [5.41, 5.74) is 3.12. The number of hydrogen-bond acceptors (Lipinski definition) is 3.